The van der Waals surface area contributed by atoms with Gasteiger partial charge in [-0.1, -0.05) is 109 Å². The van der Waals surface area contributed by atoms with Gasteiger partial charge >= 0.3 is 0 Å². The molecule has 0 saturated heterocycles. The second-order valence-corrected chi connectivity index (χ2v) is 12.7. The van der Waals surface area contributed by atoms with Gasteiger partial charge in [-0.3, -0.25) is 0 Å². The second kappa shape index (κ2) is 11.4. The molecule has 1 aromatic heterocycles. The molecule has 0 N–H and O–H groups in total. The molecule has 2 aliphatic carbocycles. The molecule has 0 unspecified atom stereocenters. The molecule has 0 fully saturated rings. The number of allylic oxidation sites excluding steroid dienone is 4. The van der Waals surface area contributed by atoms with E-state index < -0.39 is 0 Å². The number of aromatic nitrogens is 1. The zero-order valence-corrected chi connectivity index (χ0v) is 27.2. The summed E-state index contributed by atoms with van der Waals surface area (Å²) in [6.45, 7) is 2.10. The smallest absolute Gasteiger partial charge is 0.126 e. The second-order valence-electron chi connectivity index (χ2n) is 12.7. The van der Waals surface area contributed by atoms with Crippen LogP contribution in [-0.2, 0) is 0 Å². The van der Waals surface area contributed by atoms with Gasteiger partial charge in [0, 0.05) is 22.3 Å². The van der Waals surface area contributed by atoms with E-state index in [1.165, 1.54) is 65.5 Å². The van der Waals surface area contributed by atoms with Crippen LogP contribution in [0.25, 0.3) is 72.9 Å². The van der Waals surface area contributed by atoms with Gasteiger partial charge in [0.2, 0.25) is 0 Å². The van der Waals surface area contributed by atoms with Gasteiger partial charge in [0.05, 0.1) is 12.6 Å². The molecule has 1 heterocycles. The van der Waals surface area contributed by atoms with Gasteiger partial charge in [-0.15, -0.1) is 0 Å². The fourth-order valence-electron chi connectivity index (χ4n) is 7.83. The summed E-state index contributed by atoms with van der Waals surface area (Å²) in [5.74, 6) is 0.874. The zero-order chi connectivity index (χ0) is 32.2. The molecule has 2 aliphatic rings. The molecule has 0 amide bonds. The molecular formula is C46H35NO. The Labute approximate surface area is 280 Å². The van der Waals surface area contributed by atoms with Gasteiger partial charge in [-0.25, -0.2) is 0 Å². The van der Waals surface area contributed by atoms with Crippen LogP contribution in [0.4, 0.5) is 0 Å². The highest BCUT2D eigenvalue weighted by atomic mass is 16.5. The van der Waals surface area contributed by atoms with Crippen LogP contribution in [0.1, 0.15) is 36.6 Å². The van der Waals surface area contributed by atoms with E-state index in [2.05, 4.69) is 151 Å². The first-order chi connectivity index (χ1) is 23.7. The van der Waals surface area contributed by atoms with Crippen LogP contribution in [0.2, 0.25) is 0 Å². The number of methoxy groups -OCH3 is 1. The molecular weight excluding hydrogens is 583 g/mol. The Morgan fingerprint density at radius 3 is 2.12 bits per heavy atom. The van der Waals surface area contributed by atoms with Crippen LogP contribution in [-0.4, -0.2) is 11.7 Å². The molecule has 2 nitrogen and oxygen atoms in total. The summed E-state index contributed by atoms with van der Waals surface area (Å²) in [6.07, 6.45) is 11.6. The number of nitrogens with zero attached hydrogens (tertiary/aromatic N) is 1. The van der Waals surface area contributed by atoms with Gasteiger partial charge in [0.15, 0.2) is 0 Å². The van der Waals surface area contributed by atoms with Crippen molar-refractivity contribution in [3.8, 4) is 33.7 Å². The third kappa shape index (κ3) is 4.48. The third-order valence-electron chi connectivity index (χ3n) is 10.1. The minimum atomic E-state index is 0.874. The lowest BCUT2D eigenvalue weighted by Crippen LogP contribution is -2.24. The quantitative estimate of drug-likeness (QED) is 0.187. The first-order valence-corrected chi connectivity index (χ1v) is 16.8. The molecule has 0 radical (unpaired) electrons. The predicted molar refractivity (Wildman–Crippen MR) is 203 cm³/mol. The van der Waals surface area contributed by atoms with Crippen molar-refractivity contribution in [2.45, 2.75) is 19.8 Å². The first kappa shape index (κ1) is 28.4. The Hall–Kier alpha value is -5.86. The third-order valence-corrected chi connectivity index (χ3v) is 10.1. The molecule has 230 valence electrons. The van der Waals surface area contributed by atoms with Gasteiger partial charge < -0.3 is 9.30 Å². The molecule has 2 heteroatoms. The SMILES string of the molecule is C/C=c1/ccc(-c2ccccc2OC)c/c1=C/c1cc2ccccc2n1-c1ccc(-c2ccc3c4c(cccc24)C2=CCCC=C23)cc1. The maximum atomic E-state index is 5.71. The molecule has 0 aliphatic heterocycles. The number of ether oxygens (including phenoxy) is 1. The maximum Gasteiger partial charge on any atom is 0.126 e. The Bertz CT molecular complexity index is 2570. The Kier molecular flexibility index (Phi) is 6.76. The molecule has 9 rings (SSSR count). The van der Waals surface area contributed by atoms with Crippen LogP contribution < -0.4 is 15.2 Å². The van der Waals surface area contributed by atoms with E-state index in [0.29, 0.717) is 0 Å². The Balaban J connectivity index is 1.18. The van der Waals surface area contributed by atoms with Crippen molar-refractivity contribution >= 4 is 45.0 Å². The monoisotopic (exact) mass is 617 g/mol. The Morgan fingerprint density at radius 1 is 0.604 bits per heavy atom. The fourth-order valence-corrected chi connectivity index (χ4v) is 7.83. The Morgan fingerprint density at radius 2 is 1.31 bits per heavy atom. The van der Waals surface area contributed by atoms with Gasteiger partial charge in [-0.2, -0.15) is 0 Å². The molecule has 48 heavy (non-hydrogen) atoms. The largest absolute Gasteiger partial charge is 0.496 e. The summed E-state index contributed by atoms with van der Waals surface area (Å²) in [7, 11) is 1.73. The van der Waals surface area contributed by atoms with E-state index in [4.69, 9.17) is 4.74 Å². The van der Waals surface area contributed by atoms with E-state index in [0.717, 1.165) is 41.1 Å². The van der Waals surface area contributed by atoms with Crippen LogP contribution in [0.3, 0.4) is 0 Å². The molecule has 0 spiro atoms. The molecule has 6 aromatic carbocycles. The highest BCUT2D eigenvalue weighted by Gasteiger charge is 2.26. The van der Waals surface area contributed by atoms with E-state index in [9.17, 15) is 0 Å². The number of fused-ring (bicyclic) bond motifs is 4. The van der Waals surface area contributed by atoms with Crippen molar-refractivity contribution < 1.29 is 4.74 Å². The fraction of sp³-hybridized carbons (Fsp3) is 0.0870. The van der Waals surface area contributed by atoms with Gasteiger partial charge in [0.25, 0.3) is 0 Å². The standard InChI is InChI=1S/C46H35NO/c1-3-30-19-20-32(38-12-7-9-18-45(38)48-2)27-34(30)29-36-28-33-11-4-8-17-44(33)47(36)35-23-21-31(22-24-35)37-25-26-43-40-14-6-5-13-39(40)42-16-10-15-41(37)46(42)43/h3-4,7-29H,5-6H2,1-2H3/b30-3-,34-29-. The minimum absolute atomic E-state index is 0.874. The van der Waals surface area contributed by atoms with Crippen molar-refractivity contribution in [2.24, 2.45) is 0 Å². The van der Waals surface area contributed by atoms with Crippen molar-refractivity contribution in [3.05, 3.63) is 167 Å². The van der Waals surface area contributed by atoms with E-state index in [1.807, 2.05) is 12.1 Å². The molecule has 7 aromatic rings. The topological polar surface area (TPSA) is 14.2 Å². The number of hydrogen-bond acceptors (Lipinski definition) is 1. The molecule has 0 saturated carbocycles. The molecule has 0 bridgehead atoms. The summed E-state index contributed by atoms with van der Waals surface area (Å²) in [5, 5.41) is 6.30. The van der Waals surface area contributed by atoms with Crippen molar-refractivity contribution in [3.63, 3.8) is 0 Å². The maximum absolute atomic E-state index is 5.71. The lowest BCUT2D eigenvalue weighted by atomic mass is 9.94. The highest BCUT2D eigenvalue weighted by Crippen LogP contribution is 2.49. The average molecular weight is 618 g/mol. The zero-order valence-electron chi connectivity index (χ0n) is 27.2. The van der Waals surface area contributed by atoms with Crippen molar-refractivity contribution in [1.29, 1.82) is 0 Å². The lowest BCUT2D eigenvalue weighted by Gasteiger charge is -2.13. The normalized spacial score (nSPS) is 14.4. The lowest BCUT2D eigenvalue weighted by molar-refractivity contribution is 0.416. The average Bonchev–Trinajstić information content (AvgIpc) is 3.68. The van der Waals surface area contributed by atoms with Crippen LogP contribution in [0, 0.1) is 0 Å². The van der Waals surface area contributed by atoms with Crippen LogP contribution >= 0.6 is 0 Å². The summed E-state index contributed by atoms with van der Waals surface area (Å²) < 4.78 is 8.09. The van der Waals surface area contributed by atoms with E-state index in [-0.39, 0.29) is 0 Å². The summed E-state index contributed by atoms with van der Waals surface area (Å²) >= 11 is 0. The summed E-state index contributed by atoms with van der Waals surface area (Å²) in [4.78, 5) is 0. The summed E-state index contributed by atoms with van der Waals surface area (Å²) in [5.41, 5.74) is 13.8. The number of rotatable bonds is 5. The van der Waals surface area contributed by atoms with Gasteiger partial charge in [-0.05, 0) is 122 Å². The summed E-state index contributed by atoms with van der Waals surface area (Å²) in [6, 6.07) is 46.4. The van der Waals surface area contributed by atoms with E-state index in [1.54, 1.807) is 7.11 Å². The number of para-hydroxylation sites is 2. The van der Waals surface area contributed by atoms with Gasteiger partial charge in [0.1, 0.15) is 5.75 Å². The minimum Gasteiger partial charge on any atom is -0.496 e. The predicted octanol–water partition coefficient (Wildman–Crippen LogP) is 10.3. The molecule has 0 atom stereocenters. The first-order valence-electron chi connectivity index (χ1n) is 16.8. The van der Waals surface area contributed by atoms with Crippen LogP contribution in [0.15, 0.2) is 140 Å². The van der Waals surface area contributed by atoms with E-state index >= 15 is 0 Å². The highest BCUT2D eigenvalue weighted by molar-refractivity contribution is 6.24. The number of hydrogen-bond donors (Lipinski definition) is 0. The van der Waals surface area contributed by atoms with Crippen LogP contribution in [0.5, 0.6) is 5.75 Å². The van der Waals surface area contributed by atoms with Crippen molar-refractivity contribution in [2.75, 3.05) is 7.11 Å². The van der Waals surface area contributed by atoms with Crippen molar-refractivity contribution in [1.82, 2.24) is 4.57 Å². The number of benzene rings is 6.